The molecule has 2 aliphatic rings. The van der Waals surface area contributed by atoms with Gasteiger partial charge in [-0.25, -0.2) is 9.97 Å². The lowest BCUT2D eigenvalue weighted by Crippen LogP contribution is -2.48. The standard InChI is InChI=1S/C15H21F3N4O/c1-11-8-13(15(16,17)18)20-14(19-11)22-5-3-21(4-6-22)9-12-2-7-23-10-12/h8,12H,2-7,9-10H2,1H3/t12-/m1/s1. The Labute approximate surface area is 133 Å². The third-order valence-corrected chi connectivity index (χ3v) is 4.33. The number of aromatic nitrogens is 2. The lowest BCUT2D eigenvalue weighted by atomic mass is 10.1. The molecule has 0 saturated carbocycles. The van der Waals surface area contributed by atoms with Gasteiger partial charge in [-0.1, -0.05) is 0 Å². The van der Waals surface area contributed by atoms with Crippen LogP contribution in [0.4, 0.5) is 19.1 Å². The highest BCUT2D eigenvalue weighted by Gasteiger charge is 2.34. The quantitative estimate of drug-likeness (QED) is 0.847. The molecule has 128 valence electrons. The van der Waals surface area contributed by atoms with Crippen molar-refractivity contribution < 1.29 is 17.9 Å². The SMILES string of the molecule is Cc1cc(C(F)(F)F)nc(N2CCN(C[C@H]3CCOC3)CC2)n1. The van der Waals surface area contributed by atoms with Crippen LogP contribution in [0.1, 0.15) is 17.8 Å². The molecule has 0 N–H and O–H groups in total. The molecule has 0 bridgehead atoms. The molecule has 1 atom stereocenters. The largest absolute Gasteiger partial charge is 0.433 e. The molecular formula is C15H21F3N4O. The Morgan fingerprint density at radius 3 is 2.57 bits per heavy atom. The van der Waals surface area contributed by atoms with Gasteiger partial charge >= 0.3 is 6.18 Å². The topological polar surface area (TPSA) is 41.5 Å². The first-order valence-electron chi connectivity index (χ1n) is 7.90. The van der Waals surface area contributed by atoms with Gasteiger partial charge < -0.3 is 9.64 Å². The van der Waals surface area contributed by atoms with Crippen molar-refractivity contribution in [2.75, 3.05) is 50.8 Å². The molecule has 0 aliphatic carbocycles. The molecule has 0 spiro atoms. The minimum absolute atomic E-state index is 0.182. The van der Waals surface area contributed by atoms with Crippen LogP contribution in [0.2, 0.25) is 0 Å². The number of alkyl halides is 3. The first-order valence-corrected chi connectivity index (χ1v) is 7.90. The van der Waals surface area contributed by atoms with Crippen molar-refractivity contribution in [3.63, 3.8) is 0 Å². The zero-order valence-corrected chi connectivity index (χ0v) is 13.1. The fourth-order valence-corrected chi connectivity index (χ4v) is 3.06. The van der Waals surface area contributed by atoms with Gasteiger partial charge in [-0.2, -0.15) is 13.2 Å². The van der Waals surface area contributed by atoms with Crippen molar-refractivity contribution >= 4 is 5.95 Å². The second-order valence-electron chi connectivity index (χ2n) is 6.21. The minimum Gasteiger partial charge on any atom is -0.381 e. The van der Waals surface area contributed by atoms with E-state index in [1.54, 1.807) is 6.92 Å². The predicted octanol–water partition coefficient (Wildman–Crippen LogP) is 1.96. The van der Waals surface area contributed by atoms with Crippen molar-refractivity contribution in [1.29, 1.82) is 0 Å². The first-order chi connectivity index (χ1) is 10.9. The predicted molar refractivity (Wildman–Crippen MR) is 79.4 cm³/mol. The molecule has 0 unspecified atom stereocenters. The fraction of sp³-hybridized carbons (Fsp3) is 0.733. The molecule has 5 nitrogen and oxygen atoms in total. The molecule has 2 saturated heterocycles. The van der Waals surface area contributed by atoms with Gasteiger partial charge in [-0.05, 0) is 25.3 Å². The lowest BCUT2D eigenvalue weighted by Gasteiger charge is -2.35. The van der Waals surface area contributed by atoms with E-state index in [0.29, 0.717) is 24.7 Å². The molecule has 1 aromatic heterocycles. The highest BCUT2D eigenvalue weighted by atomic mass is 19.4. The van der Waals surface area contributed by atoms with Crippen LogP contribution in [0.5, 0.6) is 0 Å². The highest BCUT2D eigenvalue weighted by molar-refractivity contribution is 5.33. The van der Waals surface area contributed by atoms with Gasteiger partial charge in [0, 0.05) is 45.0 Å². The van der Waals surface area contributed by atoms with Gasteiger partial charge in [0.05, 0.1) is 6.61 Å². The maximum atomic E-state index is 12.9. The molecule has 23 heavy (non-hydrogen) atoms. The maximum Gasteiger partial charge on any atom is 0.433 e. The Morgan fingerprint density at radius 1 is 1.22 bits per heavy atom. The average molecular weight is 330 g/mol. The monoisotopic (exact) mass is 330 g/mol. The van der Waals surface area contributed by atoms with Crippen molar-refractivity contribution in [1.82, 2.24) is 14.9 Å². The molecule has 0 radical (unpaired) electrons. The number of ether oxygens (including phenoxy) is 1. The molecule has 3 rings (SSSR count). The number of piperazine rings is 1. The number of halogens is 3. The third kappa shape index (κ3) is 4.11. The Morgan fingerprint density at radius 2 is 1.96 bits per heavy atom. The molecule has 2 fully saturated rings. The molecule has 8 heteroatoms. The zero-order valence-electron chi connectivity index (χ0n) is 13.1. The number of nitrogens with zero attached hydrogens (tertiary/aromatic N) is 4. The van der Waals surface area contributed by atoms with Gasteiger partial charge in [-0.3, -0.25) is 4.90 Å². The van der Waals surface area contributed by atoms with E-state index in [4.69, 9.17) is 4.74 Å². The summed E-state index contributed by atoms with van der Waals surface area (Å²) in [5, 5.41) is 0. The Kier molecular flexibility index (Phi) is 4.72. The number of hydrogen-bond acceptors (Lipinski definition) is 5. The molecule has 0 amide bonds. The minimum atomic E-state index is -4.44. The molecule has 2 aliphatic heterocycles. The Bertz CT molecular complexity index is 538. The third-order valence-electron chi connectivity index (χ3n) is 4.33. The second kappa shape index (κ2) is 6.60. The summed E-state index contributed by atoms with van der Waals surface area (Å²) in [7, 11) is 0. The van der Waals surface area contributed by atoms with E-state index in [9.17, 15) is 13.2 Å². The summed E-state index contributed by atoms with van der Waals surface area (Å²) in [6.45, 7) is 7.14. The average Bonchev–Trinajstić information content (AvgIpc) is 2.99. The summed E-state index contributed by atoms with van der Waals surface area (Å²) in [6, 6.07) is 0.986. The molecular weight excluding hydrogens is 309 g/mol. The maximum absolute atomic E-state index is 12.9. The number of rotatable bonds is 3. The Balaban J connectivity index is 1.62. The number of aryl methyl sites for hydroxylation is 1. The van der Waals surface area contributed by atoms with Crippen molar-refractivity contribution in [3.05, 3.63) is 17.5 Å². The van der Waals surface area contributed by atoms with Crippen molar-refractivity contribution in [3.8, 4) is 0 Å². The van der Waals surface area contributed by atoms with Crippen LogP contribution in [-0.2, 0) is 10.9 Å². The van der Waals surface area contributed by atoms with Crippen LogP contribution in [0, 0.1) is 12.8 Å². The summed E-state index contributed by atoms with van der Waals surface area (Å²) in [4.78, 5) is 12.1. The molecule has 3 heterocycles. The summed E-state index contributed by atoms with van der Waals surface area (Å²) in [5.74, 6) is 0.759. The van der Waals surface area contributed by atoms with Crippen LogP contribution < -0.4 is 4.90 Å². The zero-order chi connectivity index (χ0) is 16.4. The van der Waals surface area contributed by atoms with Gasteiger partial charge in [0.2, 0.25) is 5.95 Å². The molecule has 1 aromatic rings. The second-order valence-corrected chi connectivity index (χ2v) is 6.21. The van der Waals surface area contributed by atoms with E-state index in [1.165, 1.54) is 0 Å². The number of hydrogen-bond donors (Lipinski definition) is 0. The van der Waals surface area contributed by atoms with Gasteiger partial charge in [-0.15, -0.1) is 0 Å². The van der Waals surface area contributed by atoms with Crippen molar-refractivity contribution in [2.45, 2.75) is 19.5 Å². The van der Waals surface area contributed by atoms with Crippen molar-refractivity contribution in [2.24, 2.45) is 5.92 Å². The summed E-state index contributed by atoms with van der Waals surface area (Å²) < 4.78 is 44.0. The van der Waals surface area contributed by atoms with Crippen LogP contribution in [0.25, 0.3) is 0 Å². The van der Waals surface area contributed by atoms with Gasteiger partial charge in [0.15, 0.2) is 0 Å². The fourth-order valence-electron chi connectivity index (χ4n) is 3.06. The first kappa shape index (κ1) is 16.4. The van der Waals surface area contributed by atoms with E-state index >= 15 is 0 Å². The lowest BCUT2D eigenvalue weighted by molar-refractivity contribution is -0.141. The normalized spacial score (nSPS) is 23.5. The highest BCUT2D eigenvalue weighted by Crippen LogP contribution is 2.29. The van der Waals surface area contributed by atoms with Crippen LogP contribution in [0.3, 0.4) is 0 Å². The van der Waals surface area contributed by atoms with E-state index in [2.05, 4.69) is 14.9 Å². The van der Waals surface area contributed by atoms with Crippen LogP contribution in [-0.4, -0.2) is 60.8 Å². The van der Waals surface area contributed by atoms with E-state index in [-0.39, 0.29) is 5.95 Å². The summed E-state index contributed by atoms with van der Waals surface area (Å²) >= 11 is 0. The van der Waals surface area contributed by atoms with E-state index in [0.717, 1.165) is 45.3 Å². The molecule has 0 aromatic carbocycles. The van der Waals surface area contributed by atoms with E-state index < -0.39 is 11.9 Å². The Hall–Kier alpha value is -1.41. The summed E-state index contributed by atoms with van der Waals surface area (Å²) in [6.07, 6.45) is -3.34. The van der Waals surface area contributed by atoms with Gasteiger partial charge in [0.1, 0.15) is 5.69 Å². The van der Waals surface area contributed by atoms with E-state index in [1.807, 2.05) is 4.90 Å². The van der Waals surface area contributed by atoms with Gasteiger partial charge in [0.25, 0.3) is 0 Å². The smallest absolute Gasteiger partial charge is 0.381 e. The van der Waals surface area contributed by atoms with Crippen LogP contribution in [0.15, 0.2) is 6.07 Å². The van der Waals surface area contributed by atoms with Crippen LogP contribution >= 0.6 is 0 Å². The number of anilines is 1. The summed E-state index contributed by atoms with van der Waals surface area (Å²) in [5.41, 5.74) is -0.529.